The van der Waals surface area contributed by atoms with Crippen LogP contribution in [0.4, 0.5) is 0 Å². The number of rotatable bonds is 3. The number of pyridine rings is 1. The molecule has 5 heteroatoms. The van der Waals surface area contributed by atoms with Crippen molar-refractivity contribution in [1.29, 1.82) is 0 Å². The molecule has 0 saturated heterocycles. The lowest BCUT2D eigenvalue weighted by molar-refractivity contribution is 0.0526. The Hall–Kier alpha value is -1.91. The van der Waals surface area contributed by atoms with Crippen LogP contribution < -0.4 is 0 Å². The lowest BCUT2D eigenvalue weighted by Crippen LogP contribution is -2.05. The van der Waals surface area contributed by atoms with Crippen LogP contribution >= 0.6 is 0 Å². The second-order valence-electron chi connectivity index (χ2n) is 2.44. The van der Waals surface area contributed by atoms with Crippen molar-refractivity contribution in [3.63, 3.8) is 0 Å². The molecule has 0 saturated carbocycles. The number of hydrogen-bond acceptors (Lipinski definition) is 5. The Bertz CT molecular complexity index is 332. The van der Waals surface area contributed by atoms with Crippen molar-refractivity contribution in [2.75, 3.05) is 6.61 Å². The minimum absolute atomic E-state index is 0.332. The van der Waals surface area contributed by atoms with Crippen LogP contribution in [-0.2, 0) is 4.74 Å². The Morgan fingerprint density at radius 1 is 1.71 bits per heavy atom. The Kier molecular flexibility index (Phi) is 3.60. The molecule has 5 nitrogen and oxygen atoms in total. The molecule has 1 aromatic rings. The number of esters is 1. The molecule has 0 radical (unpaired) electrons. The average molecular weight is 194 g/mol. The predicted molar refractivity (Wildman–Crippen MR) is 49.6 cm³/mol. The van der Waals surface area contributed by atoms with Crippen molar-refractivity contribution in [3.05, 3.63) is 29.6 Å². The molecule has 0 bridgehead atoms. The van der Waals surface area contributed by atoms with E-state index >= 15 is 0 Å². The number of carbonyl (C=O) groups is 1. The van der Waals surface area contributed by atoms with Gasteiger partial charge in [-0.2, -0.15) is 0 Å². The van der Waals surface area contributed by atoms with Crippen molar-refractivity contribution in [2.24, 2.45) is 5.16 Å². The first-order chi connectivity index (χ1) is 6.77. The molecule has 0 atom stereocenters. The molecule has 0 aliphatic heterocycles. The minimum atomic E-state index is -0.410. The van der Waals surface area contributed by atoms with Gasteiger partial charge in [-0.25, -0.2) is 4.79 Å². The third-order valence-electron chi connectivity index (χ3n) is 1.49. The predicted octanol–water partition coefficient (Wildman–Crippen LogP) is 1.07. The molecule has 14 heavy (non-hydrogen) atoms. The van der Waals surface area contributed by atoms with E-state index in [1.165, 1.54) is 12.4 Å². The first-order valence-corrected chi connectivity index (χ1v) is 4.08. The molecule has 1 rings (SSSR count). The van der Waals surface area contributed by atoms with Gasteiger partial charge in [0.15, 0.2) is 0 Å². The number of ether oxygens (including phenoxy) is 1. The first-order valence-electron chi connectivity index (χ1n) is 4.08. The second-order valence-corrected chi connectivity index (χ2v) is 2.44. The molecule has 1 N–H and O–H groups in total. The monoisotopic (exact) mass is 194 g/mol. The van der Waals surface area contributed by atoms with Gasteiger partial charge in [-0.15, -0.1) is 0 Å². The van der Waals surface area contributed by atoms with E-state index in [9.17, 15) is 4.79 Å². The highest BCUT2D eigenvalue weighted by Crippen LogP contribution is 2.00. The summed E-state index contributed by atoms with van der Waals surface area (Å²) in [5, 5.41) is 11.0. The summed E-state index contributed by atoms with van der Waals surface area (Å²) in [6, 6.07) is 3.12. The zero-order valence-corrected chi connectivity index (χ0v) is 7.67. The normalized spacial score (nSPS) is 10.4. The highest BCUT2D eigenvalue weighted by atomic mass is 16.5. The summed E-state index contributed by atoms with van der Waals surface area (Å²) in [4.78, 5) is 15.0. The van der Waals surface area contributed by atoms with Gasteiger partial charge in [0.05, 0.1) is 24.1 Å². The van der Waals surface area contributed by atoms with Crippen LogP contribution in [0.15, 0.2) is 23.5 Å². The molecular weight excluding hydrogens is 184 g/mol. The number of hydrogen-bond donors (Lipinski definition) is 1. The van der Waals surface area contributed by atoms with Gasteiger partial charge in [-0.1, -0.05) is 5.16 Å². The summed E-state index contributed by atoms with van der Waals surface area (Å²) in [7, 11) is 0. The Balaban J connectivity index is 2.77. The lowest BCUT2D eigenvalue weighted by Gasteiger charge is -2.00. The zero-order chi connectivity index (χ0) is 10.4. The molecule has 1 aromatic heterocycles. The summed E-state index contributed by atoms with van der Waals surface area (Å²) in [6.45, 7) is 2.07. The van der Waals surface area contributed by atoms with Crippen LogP contribution in [0.1, 0.15) is 23.0 Å². The van der Waals surface area contributed by atoms with Crippen LogP contribution in [0, 0.1) is 0 Å². The molecule has 0 fully saturated rings. The lowest BCUT2D eigenvalue weighted by atomic mass is 10.2. The number of aromatic nitrogens is 1. The Morgan fingerprint density at radius 2 is 2.50 bits per heavy atom. The summed E-state index contributed by atoms with van der Waals surface area (Å²) < 4.78 is 4.77. The molecule has 0 aromatic carbocycles. The molecule has 0 unspecified atom stereocenters. The molecule has 0 spiro atoms. The van der Waals surface area contributed by atoms with E-state index in [0.717, 1.165) is 0 Å². The maximum absolute atomic E-state index is 11.2. The summed E-state index contributed by atoms with van der Waals surface area (Å²) in [5.74, 6) is -0.410. The van der Waals surface area contributed by atoms with Gasteiger partial charge < -0.3 is 9.94 Å². The number of oxime groups is 1. The molecule has 0 aliphatic rings. The zero-order valence-electron chi connectivity index (χ0n) is 7.67. The number of carbonyl (C=O) groups excluding carboxylic acids is 1. The first kappa shape index (κ1) is 10.2. The van der Waals surface area contributed by atoms with Crippen LogP contribution in [-0.4, -0.2) is 29.0 Å². The van der Waals surface area contributed by atoms with E-state index in [1.807, 2.05) is 0 Å². The smallest absolute Gasteiger partial charge is 0.339 e. The molecular formula is C9H10N2O3. The van der Waals surface area contributed by atoms with E-state index in [2.05, 4.69) is 10.1 Å². The van der Waals surface area contributed by atoms with E-state index in [4.69, 9.17) is 9.94 Å². The third kappa shape index (κ3) is 2.55. The largest absolute Gasteiger partial charge is 0.462 e. The molecule has 0 aliphatic carbocycles. The van der Waals surface area contributed by atoms with E-state index < -0.39 is 5.97 Å². The fourth-order valence-corrected chi connectivity index (χ4v) is 0.876. The maximum Gasteiger partial charge on any atom is 0.339 e. The minimum Gasteiger partial charge on any atom is -0.462 e. The Morgan fingerprint density at radius 3 is 3.00 bits per heavy atom. The molecule has 0 amide bonds. The van der Waals surface area contributed by atoms with E-state index in [1.54, 1.807) is 19.1 Å². The summed E-state index contributed by atoms with van der Waals surface area (Å²) >= 11 is 0. The average Bonchev–Trinajstić information content (AvgIpc) is 2.20. The molecule has 1 heterocycles. The standard InChI is InChI=1S/C9H10N2O3/c1-2-14-9(12)7-3-4-8(6-11-13)10-5-7/h3-6,13H,2H2,1H3. The van der Waals surface area contributed by atoms with Crippen molar-refractivity contribution < 1.29 is 14.7 Å². The van der Waals surface area contributed by atoms with Crippen LogP contribution in [0.25, 0.3) is 0 Å². The van der Waals surface area contributed by atoms with Crippen LogP contribution in [0.5, 0.6) is 0 Å². The SMILES string of the molecule is CCOC(=O)c1ccc(C=NO)nc1. The maximum atomic E-state index is 11.2. The van der Waals surface area contributed by atoms with Gasteiger partial charge in [0.2, 0.25) is 0 Å². The van der Waals surface area contributed by atoms with Gasteiger partial charge in [0.1, 0.15) is 0 Å². The van der Waals surface area contributed by atoms with Crippen LogP contribution in [0.3, 0.4) is 0 Å². The highest BCUT2D eigenvalue weighted by Gasteiger charge is 2.05. The summed E-state index contributed by atoms with van der Waals surface area (Å²) in [6.07, 6.45) is 2.55. The second kappa shape index (κ2) is 4.96. The van der Waals surface area contributed by atoms with Crippen molar-refractivity contribution in [3.8, 4) is 0 Å². The highest BCUT2D eigenvalue weighted by molar-refractivity contribution is 5.89. The number of nitrogens with zero attached hydrogens (tertiary/aromatic N) is 2. The topological polar surface area (TPSA) is 71.8 Å². The van der Waals surface area contributed by atoms with Crippen molar-refractivity contribution in [1.82, 2.24) is 4.98 Å². The van der Waals surface area contributed by atoms with Gasteiger partial charge >= 0.3 is 5.97 Å². The van der Waals surface area contributed by atoms with Gasteiger partial charge in [-0.3, -0.25) is 4.98 Å². The fraction of sp³-hybridized carbons (Fsp3) is 0.222. The Labute approximate surface area is 81.0 Å². The van der Waals surface area contributed by atoms with Crippen molar-refractivity contribution in [2.45, 2.75) is 6.92 Å². The third-order valence-corrected chi connectivity index (χ3v) is 1.49. The van der Waals surface area contributed by atoms with E-state index in [-0.39, 0.29) is 0 Å². The van der Waals surface area contributed by atoms with Gasteiger partial charge in [0.25, 0.3) is 0 Å². The fourth-order valence-electron chi connectivity index (χ4n) is 0.876. The summed E-state index contributed by atoms with van der Waals surface area (Å²) in [5.41, 5.74) is 0.850. The van der Waals surface area contributed by atoms with Crippen LogP contribution in [0.2, 0.25) is 0 Å². The van der Waals surface area contributed by atoms with Gasteiger partial charge in [0, 0.05) is 6.20 Å². The van der Waals surface area contributed by atoms with Crippen molar-refractivity contribution >= 4 is 12.2 Å². The van der Waals surface area contributed by atoms with E-state index in [0.29, 0.717) is 17.9 Å². The van der Waals surface area contributed by atoms with Gasteiger partial charge in [-0.05, 0) is 19.1 Å². The quantitative estimate of drug-likeness (QED) is 0.338. The molecule has 74 valence electrons.